The fourth-order valence-electron chi connectivity index (χ4n) is 2.53. The fourth-order valence-corrected chi connectivity index (χ4v) is 2.53. The number of aryl methyl sites for hydroxylation is 1. The Labute approximate surface area is 113 Å². The largest absolute Gasteiger partial charge is 0.497 e. The van der Waals surface area contributed by atoms with Gasteiger partial charge in [0.2, 0.25) is 0 Å². The summed E-state index contributed by atoms with van der Waals surface area (Å²) in [6.07, 6.45) is 4.29. The Morgan fingerprint density at radius 3 is 2.95 bits per heavy atom. The van der Waals surface area contributed by atoms with Crippen molar-refractivity contribution in [3.63, 3.8) is 0 Å². The Hall–Kier alpha value is -1.71. The van der Waals surface area contributed by atoms with Crippen molar-refractivity contribution >= 4 is 6.03 Å². The first-order chi connectivity index (χ1) is 9.26. The Bertz CT molecular complexity index is 483. The standard InChI is InChI=1S/C15H20N2O2/c1-19-14-7-4-12-10-17(8-2-3-11(12)9-14)15(18)16-13-5-6-13/h4,7,9,13H,2-3,5-6,8,10H2,1H3,(H,16,18). The number of ether oxygens (including phenoxy) is 1. The zero-order chi connectivity index (χ0) is 13.2. The number of rotatable bonds is 2. The zero-order valence-electron chi connectivity index (χ0n) is 11.3. The summed E-state index contributed by atoms with van der Waals surface area (Å²) in [7, 11) is 1.69. The topological polar surface area (TPSA) is 41.6 Å². The van der Waals surface area contributed by atoms with Crippen molar-refractivity contribution in [2.45, 2.75) is 38.3 Å². The van der Waals surface area contributed by atoms with Crippen molar-refractivity contribution < 1.29 is 9.53 Å². The van der Waals surface area contributed by atoms with Gasteiger partial charge in [0.05, 0.1) is 7.11 Å². The number of fused-ring (bicyclic) bond motifs is 1. The van der Waals surface area contributed by atoms with Crippen molar-refractivity contribution in [2.24, 2.45) is 0 Å². The second-order valence-electron chi connectivity index (χ2n) is 5.38. The lowest BCUT2D eigenvalue weighted by molar-refractivity contribution is 0.195. The van der Waals surface area contributed by atoms with Crippen LogP contribution in [0.4, 0.5) is 4.79 Å². The molecule has 1 N–H and O–H groups in total. The Morgan fingerprint density at radius 1 is 1.37 bits per heavy atom. The third kappa shape index (κ3) is 2.83. The molecule has 1 aromatic rings. The number of urea groups is 1. The van der Waals surface area contributed by atoms with Gasteiger partial charge in [0.1, 0.15) is 5.75 Å². The van der Waals surface area contributed by atoms with Crippen LogP contribution in [-0.2, 0) is 13.0 Å². The van der Waals surface area contributed by atoms with Gasteiger partial charge < -0.3 is 15.0 Å². The number of benzene rings is 1. The van der Waals surface area contributed by atoms with Crippen LogP contribution in [0.15, 0.2) is 18.2 Å². The number of methoxy groups -OCH3 is 1. The average Bonchev–Trinajstić information content (AvgIpc) is 3.23. The quantitative estimate of drug-likeness (QED) is 0.886. The van der Waals surface area contributed by atoms with Crippen molar-refractivity contribution in [1.82, 2.24) is 10.2 Å². The predicted octanol–water partition coefficient (Wildman–Crippen LogP) is 2.32. The van der Waals surface area contributed by atoms with Gasteiger partial charge in [-0.3, -0.25) is 0 Å². The molecule has 1 heterocycles. The molecule has 1 aromatic carbocycles. The van der Waals surface area contributed by atoms with Crippen molar-refractivity contribution in [2.75, 3.05) is 13.7 Å². The first kappa shape index (κ1) is 12.3. The molecule has 3 rings (SSSR count). The highest BCUT2D eigenvalue weighted by atomic mass is 16.5. The normalized spacial score (nSPS) is 18.5. The van der Waals surface area contributed by atoms with E-state index in [1.54, 1.807) is 7.11 Å². The lowest BCUT2D eigenvalue weighted by Crippen LogP contribution is -2.40. The third-order valence-electron chi connectivity index (χ3n) is 3.84. The number of carbonyl (C=O) groups excluding carboxylic acids is 1. The van der Waals surface area contributed by atoms with Crippen LogP contribution in [0.2, 0.25) is 0 Å². The highest BCUT2D eigenvalue weighted by Gasteiger charge is 2.26. The van der Waals surface area contributed by atoms with Gasteiger partial charge in [-0.25, -0.2) is 4.79 Å². The van der Waals surface area contributed by atoms with Crippen LogP contribution in [0, 0.1) is 0 Å². The predicted molar refractivity (Wildman–Crippen MR) is 73.3 cm³/mol. The molecule has 0 spiro atoms. The highest BCUT2D eigenvalue weighted by molar-refractivity contribution is 5.75. The van der Waals surface area contributed by atoms with E-state index in [9.17, 15) is 4.79 Å². The minimum atomic E-state index is 0.0890. The van der Waals surface area contributed by atoms with E-state index in [0.29, 0.717) is 12.6 Å². The molecule has 0 aromatic heterocycles. The van der Waals surface area contributed by atoms with Crippen molar-refractivity contribution in [3.8, 4) is 5.75 Å². The Balaban J connectivity index is 1.74. The van der Waals surface area contributed by atoms with E-state index in [1.807, 2.05) is 11.0 Å². The molecule has 102 valence electrons. The molecule has 19 heavy (non-hydrogen) atoms. The van der Waals surface area contributed by atoms with Gasteiger partial charge in [0, 0.05) is 19.1 Å². The number of hydrogen-bond donors (Lipinski definition) is 1. The van der Waals surface area contributed by atoms with Crippen LogP contribution in [0.1, 0.15) is 30.4 Å². The van der Waals surface area contributed by atoms with E-state index < -0.39 is 0 Å². The molecular formula is C15H20N2O2. The molecule has 0 saturated heterocycles. The summed E-state index contributed by atoms with van der Waals surface area (Å²) in [6.45, 7) is 1.54. The summed E-state index contributed by atoms with van der Waals surface area (Å²) in [5, 5.41) is 3.07. The van der Waals surface area contributed by atoms with Gasteiger partial charge >= 0.3 is 6.03 Å². The summed E-state index contributed by atoms with van der Waals surface area (Å²) in [5.74, 6) is 0.898. The molecule has 4 heteroatoms. The fraction of sp³-hybridized carbons (Fsp3) is 0.533. The second kappa shape index (κ2) is 5.11. The summed E-state index contributed by atoms with van der Waals surface area (Å²) < 4.78 is 5.26. The molecule has 2 amide bonds. The minimum absolute atomic E-state index is 0.0890. The molecule has 1 fully saturated rings. The number of hydrogen-bond acceptors (Lipinski definition) is 2. The van der Waals surface area contributed by atoms with E-state index in [-0.39, 0.29) is 6.03 Å². The molecule has 4 nitrogen and oxygen atoms in total. The van der Waals surface area contributed by atoms with Gasteiger partial charge in [-0.1, -0.05) is 6.07 Å². The monoisotopic (exact) mass is 260 g/mol. The number of amides is 2. The summed E-state index contributed by atoms with van der Waals surface area (Å²) in [5.41, 5.74) is 2.55. The number of nitrogens with one attached hydrogen (secondary N) is 1. The van der Waals surface area contributed by atoms with Gasteiger partial charge in [-0.05, 0) is 48.9 Å². The van der Waals surface area contributed by atoms with Crippen LogP contribution in [0.25, 0.3) is 0 Å². The minimum Gasteiger partial charge on any atom is -0.497 e. The SMILES string of the molecule is COc1ccc2c(c1)CCCN(C(=O)NC1CC1)C2. The van der Waals surface area contributed by atoms with Crippen LogP contribution in [0.5, 0.6) is 5.75 Å². The molecule has 0 radical (unpaired) electrons. The van der Waals surface area contributed by atoms with Gasteiger partial charge in [-0.15, -0.1) is 0 Å². The van der Waals surface area contributed by atoms with Crippen LogP contribution >= 0.6 is 0 Å². The van der Waals surface area contributed by atoms with Gasteiger partial charge in [-0.2, -0.15) is 0 Å². The molecule has 0 unspecified atom stereocenters. The van der Waals surface area contributed by atoms with Crippen molar-refractivity contribution in [3.05, 3.63) is 29.3 Å². The molecular weight excluding hydrogens is 240 g/mol. The van der Waals surface area contributed by atoms with Gasteiger partial charge in [0.15, 0.2) is 0 Å². The summed E-state index contributed by atoms with van der Waals surface area (Å²) in [6, 6.07) is 6.66. The van der Waals surface area contributed by atoms with Crippen LogP contribution in [0.3, 0.4) is 0 Å². The van der Waals surface area contributed by atoms with Crippen LogP contribution in [-0.4, -0.2) is 30.6 Å². The average molecular weight is 260 g/mol. The van der Waals surface area contributed by atoms with E-state index in [2.05, 4.69) is 17.4 Å². The summed E-state index contributed by atoms with van der Waals surface area (Å²) in [4.78, 5) is 14.1. The maximum atomic E-state index is 12.1. The van der Waals surface area contributed by atoms with E-state index >= 15 is 0 Å². The molecule has 1 aliphatic carbocycles. The number of carbonyl (C=O) groups is 1. The first-order valence-corrected chi connectivity index (χ1v) is 6.97. The second-order valence-corrected chi connectivity index (χ2v) is 5.38. The smallest absolute Gasteiger partial charge is 0.317 e. The zero-order valence-corrected chi connectivity index (χ0v) is 11.3. The lowest BCUT2D eigenvalue weighted by Gasteiger charge is -2.21. The van der Waals surface area contributed by atoms with Crippen LogP contribution < -0.4 is 10.1 Å². The summed E-state index contributed by atoms with van der Waals surface area (Å²) >= 11 is 0. The maximum absolute atomic E-state index is 12.1. The molecule has 0 bridgehead atoms. The molecule has 1 saturated carbocycles. The molecule has 2 aliphatic rings. The van der Waals surface area contributed by atoms with E-state index in [4.69, 9.17) is 4.74 Å². The molecule has 1 aliphatic heterocycles. The van der Waals surface area contributed by atoms with Gasteiger partial charge in [0.25, 0.3) is 0 Å². The Morgan fingerprint density at radius 2 is 2.21 bits per heavy atom. The first-order valence-electron chi connectivity index (χ1n) is 6.97. The molecule has 0 atom stereocenters. The lowest BCUT2D eigenvalue weighted by atomic mass is 10.0. The number of nitrogens with zero attached hydrogens (tertiary/aromatic N) is 1. The Kier molecular flexibility index (Phi) is 3.32. The van der Waals surface area contributed by atoms with E-state index in [1.165, 1.54) is 11.1 Å². The highest BCUT2D eigenvalue weighted by Crippen LogP contribution is 2.24. The van der Waals surface area contributed by atoms with Crippen molar-refractivity contribution in [1.29, 1.82) is 0 Å². The maximum Gasteiger partial charge on any atom is 0.317 e. The van der Waals surface area contributed by atoms with E-state index in [0.717, 1.165) is 38.0 Å². The third-order valence-corrected chi connectivity index (χ3v) is 3.84.